The Labute approximate surface area is 460 Å². The molecule has 2 bridgehead atoms. The minimum Gasteiger partial charge on any atom is -0.481 e. The number of nitrogens with one attached hydrogen (secondary N) is 4. The molecule has 6 saturated carbocycles. The van der Waals surface area contributed by atoms with Crippen molar-refractivity contribution in [3.05, 3.63) is 125 Å². The van der Waals surface area contributed by atoms with E-state index in [1.807, 2.05) is 37.3 Å². The number of anilines is 1. The molecule has 21 heteroatoms. The maximum atomic E-state index is 14.0. The molecule has 7 fully saturated rings. The molecule has 1 aliphatic heterocycles. The zero-order valence-electron chi connectivity index (χ0n) is 44.4. The lowest BCUT2D eigenvalue weighted by Gasteiger charge is -2.70. The van der Waals surface area contributed by atoms with Crippen molar-refractivity contribution in [2.45, 2.75) is 127 Å². The summed E-state index contributed by atoms with van der Waals surface area (Å²) in [5.41, 5.74) is 2.25. The topological polar surface area (TPSA) is 308 Å². The highest BCUT2D eigenvalue weighted by Gasteiger charge is 2.76. The number of Topliss-reactive ketones (excluding diaryl/α,β-unsaturated/α-hetero) is 1. The van der Waals surface area contributed by atoms with Crippen LogP contribution in [0.3, 0.4) is 0 Å². The van der Waals surface area contributed by atoms with E-state index in [-0.39, 0.29) is 53.9 Å². The first-order valence-electron chi connectivity index (χ1n) is 27.2. The molecule has 10 atom stereocenters. The van der Waals surface area contributed by atoms with Gasteiger partial charge in [-0.05, 0) is 116 Å². The number of benzene rings is 3. The summed E-state index contributed by atoms with van der Waals surface area (Å²) in [7, 11) is 0. The summed E-state index contributed by atoms with van der Waals surface area (Å²) in [6, 6.07) is 20.2. The SMILES string of the molecule is C[C@]12C=CC(=O)C=C1CC[C@@H]1[C@@H]2[C@@H](O)C[C@@]2(C)[C@H]1C[C@H]1OC(c3ccc(CC45CC(NC(=O)OCc6ccc(NC(=O)[C@H](CCC(=O)O)NC(=O)CNC(=O)Cc7ccc(-c8nncnn8)cc7)cc6)(C4)C5)cc3)O[C@]12C(=O)CO. The summed E-state index contributed by atoms with van der Waals surface area (Å²) in [5.74, 6) is -3.15. The Bertz CT molecular complexity index is 3150. The number of aliphatic carboxylic acids is 1. The number of ether oxygens (including phenoxy) is 3. The molecule has 2 heterocycles. The number of aromatic nitrogens is 4. The van der Waals surface area contributed by atoms with Crippen molar-refractivity contribution in [2.24, 2.45) is 34.0 Å². The van der Waals surface area contributed by atoms with Crippen LogP contribution in [0.15, 0.2) is 103 Å². The number of carboxylic acids is 1. The largest absolute Gasteiger partial charge is 0.481 e. The second kappa shape index (κ2) is 21.1. The van der Waals surface area contributed by atoms with E-state index in [4.69, 9.17) is 14.2 Å². The molecule has 1 aromatic heterocycles. The molecule has 0 radical (unpaired) electrons. The molecule has 80 heavy (non-hydrogen) atoms. The predicted octanol–water partition coefficient (Wildman–Crippen LogP) is 4.58. The Morgan fingerprint density at radius 2 is 1.59 bits per heavy atom. The van der Waals surface area contributed by atoms with Crippen molar-refractivity contribution in [2.75, 3.05) is 18.5 Å². The van der Waals surface area contributed by atoms with E-state index < -0.39 is 96.1 Å². The van der Waals surface area contributed by atoms with Gasteiger partial charge in [0, 0.05) is 45.5 Å². The molecule has 21 nitrogen and oxygen atoms in total. The van der Waals surface area contributed by atoms with Gasteiger partial charge in [0.1, 0.15) is 19.3 Å². The Morgan fingerprint density at radius 3 is 2.29 bits per heavy atom. The third-order valence-corrected chi connectivity index (χ3v) is 18.5. The number of alkyl carbamates (subject to hydrolysis) is 1. The number of carbonyl (C=O) groups is 7. The fourth-order valence-electron chi connectivity index (χ4n) is 15.0. The number of aliphatic hydroxyl groups excluding tert-OH is 2. The van der Waals surface area contributed by atoms with Gasteiger partial charge in [0.25, 0.3) is 0 Å². The van der Waals surface area contributed by atoms with Gasteiger partial charge >= 0.3 is 12.1 Å². The van der Waals surface area contributed by atoms with Crippen molar-refractivity contribution < 1.29 is 63.1 Å². The molecule has 7 N–H and O–H groups in total. The minimum atomic E-state index is -1.43. The van der Waals surface area contributed by atoms with Crippen LogP contribution in [-0.4, -0.2) is 120 Å². The predicted molar refractivity (Wildman–Crippen MR) is 283 cm³/mol. The number of carboxylic acid groups (broad SMARTS) is 1. The molecule has 12 rings (SSSR count). The molecular weight excluding hydrogens is 1030 g/mol. The Balaban J connectivity index is 0.619. The first-order valence-corrected chi connectivity index (χ1v) is 27.2. The first kappa shape index (κ1) is 54.4. The maximum Gasteiger partial charge on any atom is 0.407 e. The van der Waals surface area contributed by atoms with Crippen LogP contribution in [0, 0.1) is 34.0 Å². The number of hydrogen-bond acceptors (Lipinski definition) is 16. The highest BCUT2D eigenvalue weighted by atomic mass is 16.7. The molecular formula is C59H64N8O13. The van der Waals surface area contributed by atoms with Crippen molar-refractivity contribution in [1.29, 1.82) is 0 Å². The van der Waals surface area contributed by atoms with E-state index in [0.717, 1.165) is 55.2 Å². The lowest BCUT2D eigenvalue weighted by atomic mass is 9.38. The fourth-order valence-corrected chi connectivity index (χ4v) is 15.0. The summed E-state index contributed by atoms with van der Waals surface area (Å²) in [4.78, 5) is 89.5. The van der Waals surface area contributed by atoms with Crippen LogP contribution in [0.4, 0.5) is 10.5 Å². The van der Waals surface area contributed by atoms with E-state index in [1.54, 1.807) is 60.7 Å². The number of rotatable bonds is 19. The van der Waals surface area contributed by atoms with Gasteiger partial charge in [-0.3, -0.25) is 28.8 Å². The second-order valence-electron chi connectivity index (χ2n) is 23.5. The van der Waals surface area contributed by atoms with E-state index in [2.05, 4.69) is 48.6 Å². The Hall–Kier alpha value is -7.59. The van der Waals surface area contributed by atoms with Crippen LogP contribution >= 0.6 is 0 Å². The summed E-state index contributed by atoms with van der Waals surface area (Å²) < 4.78 is 19.0. The molecule has 0 spiro atoms. The lowest BCUT2D eigenvalue weighted by Crippen LogP contribution is -2.75. The average Bonchev–Trinajstić information content (AvgIpc) is 4.07. The summed E-state index contributed by atoms with van der Waals surface area (Å²) in [6.45, 7) is 2.95. The fraction of sp³-hybridized carbons (Fsp3) is 0.475. The molecule has 1 unspecified atom stereocenters. The van der Waals surface area contributed by atoms with Crippen LogP contribution in [0.2, 0.25) is 0 Å². The van der Waals surface area contributed by atoms with Gasteiger partial charge in [0.2, 0.25) is 23.5 Å². The summed E-state index contributed by atoms with van der Waals surface area (Å²) in [5, 5.41) is 57.7. The Kier molecular flexibility index (Phi) is 14.4. The molecule has 4 amide bonds. The van der Waals surface area contributed by atoms with Gasteiger partial charge in [0.05, 0.1) is 25.2 Å². The number of hydrogen-bond donors (Lipinski definition) is 7. The zero-order valence-corrected chi connectivity index (χ0v) is 44.4. The lowest BCUT2D eigenvalue weighted by molar-refractivity contribution is -0.201. The van der Waals surface area contributed by atoms with Gasteiger partial charge in [-0.15, -0.1) is 20.4 Å². The molecule has 418 valence electrons. The highest BCUT2D eigenvalue weighted by molar-refractivity contribution is 6.01. The van der Waals surface area contributed by atoms with E-state index in [0.29, 0.717) is 41.0 Å². The number of aliphatic hydroxyl groups is 2. The third kappa shape index (κ3) is 10.1. The number of ketones is 2. The van der Waals surface area contributed by atoms with Gasteiger partial charge in [-0.2, -0.15) is 0 Å². The highest BCUT2D eigenvalue weighted by Crippen LogP contribution is 2.71. The van der Waals surface area contributed by atoms with E-state index in [9.17, 15) is 48.9 Å². The molecule has 4 aromatic rings. The maximum absolute atomic E-state index is 14.0. The summed E-state index contributed by atoms with van der Waals surface area (Å²) in [6.07, 6.45) is 8.70. The average molecular weight is 1090 g/mol. The zero-order chi connectivity index (χ0) is 56.2. The van der Waals surface area contributed by atoms with Crippen LogP contribution in [0.5, 0.6) is 0 Å². The third-order valence-electron chi connectivity index (χ3n) is 18.5. The number of nitrogens with zero attached hydrogens (tertiary/aromatic N) is 4. The normalized spacial score (nSPS) is 31.5. The minimum absolute atomic E-state index is 0.00236. The van der Waals surface area contributed by atoms with Crippen LogP contribution in [0.1, 0.15) is 100 Å². The first-order chi connectivity index (χ1) is 38.3. The van der Waals surface area contributed by atoms with Crippen molar-refractivity contribution in [1.82, 2.24) is 36.3 Å². The van der Waals surface area contributed by atoms with Crippen molar-refractivity contribution in [3.63, 3.8) is 0 Å². The molecule has 7 aliphatic carbocycles. The molecule has 3 aromatic carbocycles. The summed E-state index contributed by atoms with van der Waals surface area (Å²) >= 11 is 0. The number of fused-ring (bicyclic) bond motifs is 7. The van der Waals surface area contributed by atoms with Crippen molar-refractivity contribution in [3.8, 4) is 11.4 Å². The van der Waals surface area contributed by atoms with Gasteiger partial charge in [-0.25, -0.2) is 4.79 Å². The van der Waals surface area contributed by atoms with Gasteiger partial charge in [-0.1, -0.05) is 86.2 Å². The second-order valence-corrected chi connectivity index (χ2v) is 23.5. The van der Waals surface area contributed by atoms with E-state index >= 15 is 0 Å². The van der Waals surface area contributed by atoms with E-state index in [1.165, 1.54) is 6.33 Å². The number of allylic oxidation sites excluding steroid dienone is 4. The molecule has 8 aliphatic rings. The Morgan fingerprint density at radius 1 is 0.887 bits per heavy atom. The standard InChI is InChI=1S/C59H64N8O13/c1-55-20-19-40(69)22-38(55)13-16-41-42-23-46-59(45(71)27-68,56(42,2)25-44(70)50(41)55)80-53(79-46)37-11-5-34(6-12-37)24-57-29-58(30-57,31-57)65-54(77)78-28-35-7-14-39(15-8-35)63-52(76)43(17-18-49(74)75)64-48(73)26-60-47(72)21-33-3-9-36(10-4-33)51-66-61-32-62-67-51/h3-12,14-15,19-20,22,32,41-44,46,50,53,68,70H,13,16-18,21,23-31H2,1-2H3,(H,60,72)(H,63,76)(H,64,73)(H,65,77)(H,74,75)/t41-,42-,43-,44-,46+,50+,53?,55-,56-,57?,58?,59+/m0/s1. The number of amides is 4. The van der Waals surface area contributed by atoms with Crippen molar-refractivity contribution >= 4 is 47.0 Å². The van der Waals surface area contributed by atoms with Crippen LogP contribution in [-0.2, 0) is 62.4 Å². The van der Waals surface area contributed by atoms with Crippen LogP contribution in [0.25, 0.3) is 11.4 Å². The number of carbonyl (C=O) groups excluding carboxylic acids is 6. The van der Waals surface area contributed by atoms with Gasteiger partial charge < -0.3 is 50.8 Å². The monoisotopic (exact) mass is 1090 g/mol. The quantitative estimate of drug-likeness (QED) is 0.0676. The smallest absolute Gasteiger partial charge is 0.407 e. The van der Waals surface area contributed by atoms with Crippen LogP contribution < -0.4 is 21.3 Å². The van der Waals surface area contributed by atoms with Gasteiger partial charge in [0.15, 0.2) is 29.8 Å². The molecule has 1 saturated heterocycles.